The molecule has 2 aromatic carbocycles. The molecule has 22 heavy (non-hydrogen) atoms. The summed E-state index contributed by atoms with van der Waals surface area (Å²) in [6, 6.07) is 13.0. The number of amides is 1. The number of hydrogen-bond acceptors (Lipinski definition) is 4. The lowest BCUT2D eigenvalue weighted by Crippen LogP contribution is -2.05. The molecule has 7 nitrogen and oxygen atoms in total. The van der Waals surface area contributed by atoms with Crippen molar-refractivity contribution < 1.29 is 14.7 Å². The first-order chi connectivity index (χ1) is 10.5. The van der Waals surface area contributed by atoms with Gasteiger partial charge in [-0.2, -0.15) is 0 Å². The summed E-state index contributed by atoms with van der Waals surface area (Å²) in [5.41, 5.74) is 4.87. The Morgan fingerprint density at radius 1 is 0.955 bits per heavy atom. The Balaban J connectivity index is 1.94. The van der Waals surface area contributed by atoms with Gasteiger partial charge in [-0.3, -0.25) is 10.2 Å². The number of hydrogen-bond donors (Lipinski definition) is 3. The zero-order chi connectivity index (χ0) is 15.9. The van der Waals surface area contributed by atoms with Gasteiger partial charge in [-0.05, 0) is 48.5 Å². The van der Waals surface area contributed by atoms with Gasteiger partial charge >= 0.3 is 5.97 Å². The van der Waals surface area contributed by atoms with Crippen LogP contribution in [-0.2, 0) is 4.79 Å². The summed E-state index contributed by atoms with van der Waals surface area (Å²) in [6.07, 6.45) is 0. The largest absolute Gasteiger partial charge is 0.478 e. The lowest BCUT2D eigenvalue weighted by Gasteiger charge is -2.03. The van der Waals surface area contributed by atoms with Crippen LogP contribution in [0.2, 0.25) is 0 Å². The van der Waals surface area contributed by atoms with Gasteiger partial charge in [0.1, 0.15) is 0 Å². The van der Waals surface area contributed by atoms with E-state index in [0.717, 1.165) is 0 Å². The van der Waals surface area contributed by atoms with Crippen molar-refractivity contribution >= 4 is 28.9 Å². The summed E-state index contributed by atoms with van der Waals surface area (Å²) >= 11 is 0. The maximum atomic E-state index is 10.9. The number of aromatic carboxylic acids is 1. The van der Waals surface area contributed by atoms with Crippen LogP contribution in [0.5, 0.6) is 0 Å². The smallest absolute Gasteiger partial charge is 0.335 e. The van der Waals surface area contributed by atoms with E-state index in [2.05, 4.69) is 21.1 Å². The van der Waals surface area contributed by atoms with Crippen LogP contribution in [0, 0.1) is 0 Å². The minimum absolute atomic E-state index is 0.134. The highest BCUT2D eigenvalue weighted by Crippen LogP contribution is 2.16. The maximum absolute atomic E-state index is 10.9. The maximum Gasteiger partial charge on any atom is 0.335 e. The molecule has 0 atom stereocenters. The average molecular weight is 298 g/mol. The second kappa shape index (κ2) is 6.98. The number of carbonyl (C=O) groups is 2. The lowest BCUT2D eigenvalue weighted by molar-refractivity contribution is -0.114. The van der Waals surface area contributed by atoms with E-state index < -0.39 is 5.97 Å². The molecule has 2 aromatic rings. The van der Waals surface area contributed by atoms with E-state index in [4.69, 9.17) is 5.11 Å². The highest BCUT2D eigenvalue weighted by molar-refractivity contribution is 5.89. The van der Waals surface area contributed by atoms with Crippen LogP contribution in [0.15, 0.2) is 58.9 Å². The quantitative estimate of drug-likeness (QED) is 0.581. The van der Waals surface area contributed by atoms with E-state index in [1.807, 2.05) is 0 Å². The molecule has 3 N–H and O–H groups in total. The molecule has 0 saturated heterocycles. The Kier molecular flexibility index (Phi) is 4.81. The average Bonchev–Trinajstić information content (AvgIpc) is 2.49. The van der Waals surface area contributed by atoms with Gasteiger partial charge in [0.25, 0.3) is 0 Å². The van der Waals surface area contributed by atoms with E-state index in [1.165, 1.54) is 19.1 Å². The number of nitrogens with zero attached hydrogens (tertiary/aromatic N) is 2. The number of carboxylic acid groups (broad SMARTS) is 1. The zero-order valence-electron chi connectivity index (χ0n) is 11.8. The molecule has 1 amide bonds. The summed E-state index contributed by atoms with van der Waals surface area (Å²) in [4.78, 5) is 21.6. The number of nitrogens with one attached hydrogen (secondary N) is 2. The Morgan fingerprint density at radius 3 is 2.09 bits per heavy atom. The first kappa shape index (κ1) is 15.2. The molecule has 0 heterocycles. The Hall–Kier alpha value is -3.22. The van der Waals surface area contributed by atoms with Crippen LogP contribution in [0.1, 0.15) is 17.3 Å². The number of anilines is 2. The van der Waals surface area contributed by atoms with Crippen molar-refractivity contribution in [3.63, 3.8) is 0 Å². The molecule has 0 aliphatic rings. The molecule has 0 unspecified atom stereocenters. The van der Waals surface area contributed by atoms with E-state index >= 15 is 0 Å². The summed E-state index contributed by atoms with van der Waals surface area (Å²) in [5.74, 6) is -1.12. The topological polar surface area (TPSA) is 103 Å². The van der Waals surface area contributed by atoms with E-state index in [-0.39, 0.29) is 11.5 Å². The predicted molar refractivity (Wildman–Crippen MR) is 82.3 cm³/mol. The lowest BCUT2D eigenvalue weighted by atomic mass is 10.2. The van der Waals surface area contributed by atoms with Crippen LogP contribution in [-0.4, -0.2) is 17.0 Å². The Bertz CT molecular complexity index is 694. The van der Waals surface area contributed by atoms with Crippen molar-refractivity contribution in [3.8, 4) is 0 Å². The molecule has 0 aliphatic heterocycles. The fourth-order valence-corrected chi connectivity index (χ4v) is 1.64. The first-order valence-corrected chi connectivity index (χ1v) is 6.42. The highest BCUT2D eigenvalue weighted by atomic mass is 16.4. The zero-order valence-corrected chi connectivity index (χ0v) is 11.8. The van der Waals surface area contributed by atoms with Gasteiger partial charge < -0.3 is 10.4 Å². The van der Waals surface area contributed by atoms with Crippen molar-refractivity contribution in [1.29, 1.82) is 0 Å². The fourth-order valence-electron chi connectivity index (χ4n) is 1.64. The second-order valence-electron chi connectivity index (χ2n) is 4.42. The van der Waals surface area contributed by atoms with Crippen molar-refractivity contribution in [1.82, 2.24) is 0 Å². The second-order valence-corrected chi connectivity index (χ2v) is 4.42. The Labute approximate surface area is 126 Å². The molecule has 0 radical (unpaired) electrons. The van der Waals surface area contributed by atoms with Gasteiger partial charge in [0.05, 0.1) is 16.9 Å². The third-order valence-corrected chi connectivity index (χ3v) is 2.66. The molecule has 0 aliphatic carbocycles. The molecule has 0 spiro atoms. The van der Waals surface area contributed by atoms with E-state index in [9.17, 15) is 9.59 Å². The summed E-state index contributed by atoms with van der Waals surface area (Å²) in [5, 5.41) is 19.2. The number of carbonyl (C=O) groups excluding carboxylic acids is 1. The monoisotopic (exact) mass is 298 g/mol. The number of benzene rings is 2. The standard InChI is InChI=1S/C15H14N4O3/c1-10(20)16-12-6-8-14(9-7-12)18-19-17-13-4-2-11(3-5-13)15(21)22/h2-9H,1H3,(H,16,20)(H,17,18)(H,21,22). The van der Waals surface area contributed by atoms with Crippen molar-refractivity contribution in [3.05, 3.63) is 54.1 Å². The van der Waals surface area contributed by atoms with Gasteiger partial charge in [-0.25, -0.2) is 4.79 Å². The van der Waals surface area contributed by atoms with Gasteiger partial charge in [-0.1, -0.05) is 5.22 Å². The summed E-state index contributed by atoms with van der Waals surface area (Å²) in [7, 11) is 0. The molecular formula is C15H14N4O3. The van der Waals surface area contributed by atoms with E-state index in [1.54, 1.807) is 36.4 Å². The molecule has 0 fully saturated rings. The minimum Gasteiger partial charge on any atom is -0.478 e. The fraction of sp³-hybridized carbons (Fsp3) is 0.0667. The first-order valence-electron chi connectivity index (χ1n) is 6.42. The SMILES string of the molecule is CC(=O)Nc1ccc(NN=Nc2ccc(C(=O)O)cc2)cc1. The summed E-state index contributed by atoms with van der Waals surface area (Å²) in [6.45, 7) is 1.44. The molecule has 2 rings (SSSR count). The predicted octanol–water partition coefficient (Wildman–Crippen LogP) is 3.45. The minimum atomic E-state index is -0.985. The molecule has 7 heteroatoms. The van der Waals surface area contributed by atoms with Crippen molar-refractivity contribution in [2.24, 2.45) is 10.3 Å². The number of rotatable bonds is 5. The van der Waals surface area contributed by atoms with Crippen LogP contribution in [0.3, 0.4) is 0 Å². The normalized spacial score (nSPS) is 10.4. The molecule has 0 bridgehead atoms. The highest BCUT2D eigenvalue weighted by Gasteiger charge is 2.00. The van der Waals surface area contributed by atoms with Crippen molar-refractivity contribution in [2.75, 3.05) is 10.7 Å². The number of carboxylic acids is 1. The van der Waals surface area contributed by atoms with Gasteiger partial charge in [0, 0.05) is 12.6 Å². The van der Waals surface area contributed by atoms with Gasteiger partial charge in [0.15, 0.2) is 0 Å². The van der Waals surface area contributed by atoms with Gasteiger partial charge in [-0.15, -0.1) is 5.11 Å². The van der Waals surface area contributed by atoms with Crippen LogP contribution in [0.4, 0.5) is 17.1 Å². The molecule has 112 valence electrons. The molecule has 0 aromatic heterocycles. The van der Waals surface area contributed by atoms with Gasteiger partial charge in [0.2, 0.25) is 5.91 Å². The Morgan fingerprint density at radius 2 is 1.55 bits per heavy atom. The molecular weight excluding hydrogens is 284 g/mol. The molecule has 0 saturated carbocycles. The third-order valence-electron chi connectivity index (χ3n) is 2.66. The van der Waals surface area contributed by atoms with Crippen LogP contribution in [0.25, 0.3) is 0 Å². The third kappa shape index (κ3) is 4.41. The summed E-state index contributed by atoms with van der Waals surface area (Å²) < 4.78 is 0. The van der Waals surface area contributed by atoms with Crippen molar-refractivity contribution in [2.45, 2.75) is 6.92 Å². The van der Waals surface area contributed by atoms with Crippen LogP contribution < -0.4 is 10.7 Å². The van der Waals surface area contributed by atoms with Crippen LogP contribution >= 0.6 is 0 Å². The van der Waals surface area contributed by atoms with E-state index in [0.29, 0.717) is 17.1 Å².